The summed E-state index contributed by atoms with van der Waals surface area (Å²) in [5.74, 6) is 0.796. The Morgan fingerprint density at radius 2 is 2.11 bits per heavy atom. The maximum Gasteiger partial charge on any atom is 0.332 e. The number of aliphatic imine (C=N–C) groups is 1. The topological polar surface area (TPSA) is 102 Å². The molecule has 9 nitrogen and oxygen atoms in total. The minimum absolute atomic E-state index is 0.0805. The van der Waals surface area contributed by atoms with Crippen LogP contribution >= 0.6 is 0 Å². The van der Waals surface area contributed by atoms with Gasteiger partial charge in [-0.25, -0.2) is 15.2 Å². The molecule has 2 amide bonds. The summed E-state index contributed by atoms with van der Waals surface area (Å²) in [6.07, 6.45) is 6.10. The van der Waals surface area contributed by atoms with Gasteiger partial charge in [-0.15, -0.1) is 0 Å². The number of hydrazine groups is 1. The third-order valence-electron chi connectivity index (χ3n) is 6.25. The molecule has 0 bridgehead atoms. The zero-order valence-corrected chi connectivity index (χ0v) is 16.9. The SMILES string of the molecule is CC1(C)C2=CN=C(NC3CCOCC3)NC2CN1C(=O)NN[C@H]1CCCNC1. The number of carbonyl (C=O) groups excluding carboxylic acids is 1. The Hall–Kier alpha value is -1.84. The van der Waals surface area contributed by atoms with Crippen LogP contribution in [0.2, 0.25) is 0 Å². The Morgan fingerprint density at radius 1 is 1.29 bits per heavy atom. The standard InChI is InChI=1S/C19H33N7O2/c1-19(2)15-11-21-17(22-13-5-8-28-9-6-13)23-16(15)12-26(19)18(27)25-24-14-4-3-7-20-10-14/h11,13-14,16,20,24H,3-10,12H2,1-2H3,(H,25,27)(H2,21,22,23)/t14-,16?/m0/s1. The molecule has 9 heteroatoms. The van der Waals surface area contributed by atoms with Gasteiger partial charge >= 0.3 is 6.03 Å². The minimum Gasteiger partial charge on any atom is -0.381 e. The second-order valence-corrected chi connectivity index (χ2v) is 8.58. The van der Waals surface area contributed by atoms with E-state index in [0.29, 0.717) is 12.6 Å². The minimum atomic E-state index is -0.387. The van der Waals surface area contributed by atoms with Crippen molar-refractivity contribution >= 4 is 12.0 Å². The van der Waals surface area contributed by atoms with Crippen LogP contribution in [-0.2, 0) is 4.74 Å². The molecule has 3 saturated heterocycles. The Balaban J connectivity index is 1.34. The number of amides is 2. The average molecular weight is 392 g/mol. The first-order valence-corrected chi connectivity index (χ1v) is 10.5. The van der Waals surface area contributed by atoms with Crippen molar-refractivity contribution in [2.45, 2.75) is 63.2 Å². The van der Waals surface area contributed by atoms with E-state index >= 15 is 0 Å². The summed E-state index contributed by atoms with van der Waals surface area (Å²) in [6, 6.07) is 0.655. The highest BCUT2D eigenvalue weighted by Gasteiger charge is 2.47. The van der Waals surface area contributed by atoms with Crippen LogP contribution in [0.5, 0.6) is 0 Å². The molecule has 0 aromatic carbocycles. The normalized spacial score (nSPS) is 30.0. The fourth-order valence-electron chi connectivity index (χ4n) is 4.46. The van der Waals surface area contributed by atoms with Crippen LogP contribution in [0.1, 0.15) is 39.5 Å². The molecule has 1 unspecified atom stereocenters. The number of hydrogen-bond acceptors (Lipinski definition) is 7. The number of piperidine rings is 1. The number of nitrogens with zero attached hydrogens (tertiary/aromatic N) is 2. The van der Waals surface area contributed by atoms with E-state index < -0.39 is 0 Å². The molecule has 28 heavy (non-hydrogen) atoms. The van der Waals surface area contributed by atoms with Gasteiger partial charge in [-0.1, -0.05) is 0 Å². The van der Waals surface area contributed by atoms with E-state index in [4.69, 9.17) is 4.74 Å². The predicted molar refractivity (Wildman–Crippen MR) is 108 cm³/mol. The molecule has 2 atom stereocenters. The third kappa shape index (κ3) is 4.11. The first kappa shape index (κ1) is 19.5. The van der Waals surface area contributed by atoms with Gasteiger partial charge in [0.25, 0.3) is 0 Å². The molecule has 0 aromatic rings. The number of likely N-dealkylation sites (tertiary alicyclic amines) is 1. The molecular formula is C19H33N7O2. The van der Waals surface area contributed by atoms with E-state index in [2.05, 4.69) is 45.6 Å². The Bertz CT molecular complexity index is 636. The number of ether oxygens (including phenoxy) is 1. The summed E-state index contributed by atoms with van der Waals surface area (Å²) in [5.41, 5.74) is 6.85. The summed E-state index contributed by atoms with van der Waals surface area (Å²) in [4.78, 5) is 19.3. The van der Waals surface area contributed by atoms with Crippen molar-refractivity contribution in [2.24, 2.45) is 4.99 Å². The monoisotopic (exact) mass is 391 g/mol. The van der Waals surface area contributed by atoms with Gasteiger partial charge in [0, 0.05) is 44.6 Å². The highest BCUT2D eigenvalue weighted by Crippen LogP contribution is 2.35. The lowest BCUT2D eigenvalue weighted by atomic mass is 9.93. The van der Waals surface area contributed by atoms with Crippen LogP contribution in [0.25, 0.3) is 0 Å². The zero-order chi connectivity index (χ0) is 19.6. The highest BCUT2D eigenvalue weighted by atomic mass is 16.5. The van der Waals surface area contributed by atoms with Crippen LogP contribution in [0.15, 0.2) is 16.8 Å². The van der Waals surface area contributed by atoms with Gasteiger partial charge in [0.15, 0.2) is 5.96 Å². The van der Waals surface area contributed by atoms with E-state index in [9.17, 15) is 4.79 Å². The number of hydrogen-bond donors (Lipinski definition) is 5. The lowest BCUT2D eigenvalue weighted by molar-refractivity contribution is 0.0822. The van der Waals surface area contributed by atoms with E-state index in [1.165, 1.54) is 0 Å². The van der Waals surface area contributed by atoms with Gasteiger partial charge in [0.2, 0.25) is 0 Å². The lowest BCUT2D eigenvalue weighted by Crippen LogP contribution is -2.57. The Labute approximate surface area is 166 Å². The Kier molecular flexibility index (Phi) is 5.75. The predicted octanol–water partition coefficient (Wildman–Crippen LogP) is 0.0271. The number of fused-ring (bicyclic) bond motifs is 1. The molecule has 4 aliphatic rings. The maximum atomic E-state index is 12.9. The van der Waals surface area contributed by atoms with E-state index in [1.807, 2.05) is 11.1 Å². The molecule has 0 spiro atoms. The molecule has 0 saturated carbocycles. The fourth-order valence-corrected chi connectivity index (χ4v) is 4.46. The summed E-state index contributed by atoms with van der Waals surface area (Å²) in [7, 11) is 0. The van der Waals surface area contributed by atoms with E-state index in [0.717, 1.165) is 63.5 Å². The molecule has 4 heterocycles. The van der Waals surface area contributed by atoms with Gasteiger partial charge in [-0.3, -0.25) is 5.43 Å². The van der Waals surface area contributed by atoms with E-state index in [-0.39, 0.29) is 23.7 Å². The van der Waals surface area contributed by atoms with Crippen LogP contribution in [-0.4, -0.2) is 73.4 Å². The molecule has 0 aliphatic carbocycles. The molecule has 156 valence electrons. The second kappa shape index (κ2) is 8.26. The largest absolute Gasteiger partial charge is 0.381 e. The van der Waals surface area contributed by atoms with Gasteiger partial charge in [0.1, 0.15) is 0 Å². The summed E-state index contributed by atoms with van der Waals surface area (Å²) in [6.45, 7) is 8.29. The smallest absolute Gasteiger partial charge is 0.332 e. The highest BCUT2D eigenvalue weighted by molar-refractivity contribution is 5.84. The van der Waals surface area contributed by atoms with Crippen molar-refractivity contribution in [3.8, 4) is 0 Å². The van der Waals surface area contributed by atoms with Crippen molar-refractivity contribution in [3.63, 3.8) is 0 Å². The second-order valence-electron chi connectivity index (χ2n) is 8.58. The average Bonchev–Trinajstić information content (AvgIpc) is 2.98. The quantitative estimate of drug-likeness (QED) is 0.435. The number of rotatable bonds is 3. The molecule has 0 aromatic heterocycles. The Morgan fingerprint density at radius 3 is 2.86 bits per heavy atom. The van der Waals surface area contributed by atoms with Crippen molar-refractivity contribution in [2.75, 3.05) is 32.8 Å². The van der Waals surface area contributed by atoms with Crippen LogP contribution < -0.4 is 26.8 Å². The molecule has 4 aliphatic heterocycles. The first-order chi connectivity index (χ1) is 13.5. The zero-order valence-electron chi connectivity index (χ0n) is 16.9. The van der Waals surface area contributed by atoms with Crippen molar-refractivity contribution < 1.29 is 9.53 Å². The van der Waals surface area contributed by atoms with Crippen molar-refractivity contribution in [3.05, 3.63) is 11.8 Å². The number of guanidine groups is 1. The number of carbonyl (C=O) groups is 1. The van der Waals surface area contributed by atoms with Crippen LogP contribution in [0, 0.1) is 0 Å². The van der Waals surface area contributed by atoms with Crippen LogP contribution in [0.4, 0.5) is 4.79 Å². The summed E-state index contributed by atoms with van der Waals surface area (Å²) < 4.78 is 5.42. The molecule has 4 rings (SSSR count). The third-order valence-corrected chi connectivity index (χ3v) is 6.25. The number of nitrogens with one attached hydrogen (secondary N) is 5. The van der Waals surface area contributed by atoms with Gasteiger partial charge < -0.3 is 25.6 Å². The summed E-state index contributed by atoms with van der Waals surface area (Å²) >= 11 is 0. The number of urea groups is 1. The van der Waals surface area contributed by atoms with Gasteiger partial charge in [-0.05, 0) is 51.6 Å². The van der Waals surface area contributed by atoms with E-state index in [1.54, 1.807) is 0 Å². The van der Waals surface area contributed by atoms with Gasteiger partial charge in [-0.2, -0.15) is 0 Å². The first-order valence-electron chi connectivity index (χ1n) is 10.5. The molecule has 5 N–H and O–H groups in total. The van der Waals surface area contributed by atoms with Crippen molar-refractivity contribution in [1.82, 2.24) is 31.7 Å². The molecule has 0 radical (unpaired) electrons. The van der Waals surface area contributed by atoms with Crippen LogP contribution in [0.3, 0.4) is 0 Å². The van der Waals surface area contributed by atoms with Crippen molar-refractivity contribution in [1.29, 1.82) is 0 Å². The maximum absolute atomic E-state index is 12.9. The molecular weight excluding hydrogens is 358 g/mol. The summed E-state index contributed by atoms with van der Waals surface area (Å²) in [5, 5.41) is 10.3. The van der Waals surface area contributed by atoms with Gasteiger partial charge in [0.05, 0.1) is 11.6 Å². The fraction of sp³-hybridized carbons (Fsp3) is 0.789. The molecule has 3 fully saturated rings. The lowest BCUT2D eigenvalue weighted by Gasteiger charge is -2.33.